The lowest BCUT2D eigenvalue weighted by Crippen LogP contribution is -2.12. The number of hydrogen-bond donors (Lipinski definition) is 0. The Morgan fingerprint density at radius 3 is 1.20 bits per heavy atom. The zero-order valence-electron chi connectivity index (χ0n) is 18.4. The minimum absolute atomic E-state index is 0.267. The van der Waals surface area contributed by atoms with Gasteiger partial charge >= 0.3 is 0 Å². The third-order valence-corrected chi connectivity index (χ3v) is 5.41. The molecule has 0 aromatic heterocycles. The highest BCUT2D eigenvalue weighted by molar-refractivity contribution is 5.39. The molecule has 0 nitrogen and oxygen atoms in total. The first-order valence-electron chi connectivity index (χ1n) is 9.50. The topological polar surface area (TPSA) is 0 Å². The van der Waals surface area contributed by atoms with E-state index in [1.54, 1.807) is 0 Å². The molecule has 2 aromatic carbocycles. The van der Waals surface area contributed by atoms with Crippen molar-refractivity contribution in [3.05, 3.63) is 68.8 Å². The van der Waals surface area contributed by atoms with E-state index < -0.39 is 0 Å². The van der Waals surface area contributed by atoms with Crippen molar-refractivity contribution < 1.29 is 0 Å². The molecule has 0 heteroatoms. The molecule has 2 aromatic rings. The molecule has 0 aliphatic carbocycles. The average molecular weight is 339 g/mol. The van der Waals surface area contributed by atoms with Crippen LogP contribution in [0, 0.1) is 41.5 Å². The van der Waals surface area contributed by atoms with Crippen LogP contribution in [0.2, 0.25) is 0 Å². The summed E-state index contributed by atoms with van der Waals surface area (Å²) in [5, 5.41) is 0. The smallest absolute Gasteiger partial charge is 0.0132 e. The monoisotopic (exact) mass is 338 g/mol. The van der Waals surface area contributed by atoms with E-state index in [9.17, 15) is 0 Å². The third kappa shape index (κ3) is 5.73. The van der Waals surface area contributed by atoms with Crippen LogP contribution in [0.5, 0.6) is 0 Å². The summed E-state index contributed by atoms with van der Waals surface area (Å²) in [6.45, 7) is 24.4. The highest BCUT2D eigenvalue weighted by Crippen LogP contribution is 2.26. The highest BCUT2D eigenvalue weighted by Gasteiger charge is 2.14. The summed E-state index contributed by atoms with van der Waals surface area (Å²) < 4.78 is 0. The molecular formula is C25H38. The van der Waals surface area contributed by atoms with Crippen LogP contribution in [-0.2, 0) is 5.41 Å². The van der Waals surface area contributed by atoms with Gasteiger partial charge in [-0.15, -0.1) is 0 Å². The fraction of sp³-hybridized carbons (Fsp3) is 0.520. The van der Waals surface area contributed by atoms with Crippen LogP contribution < -0.4 is 0 Å². The van der Waals surface area contributed by atoms with E-state index in [1.165, 1.54) is 44.5 Å². The summed E-state index contributed by atoms with van der Waals surface area (Å²) in [5.41, 5.74) is 11.7. The minimum atomic E-state index is 0.267. The maximum Gasteiger partial charge on any atom is -0.0132 e. The van der Waals surface area contributed by atoms with E-state index in [0.29, 0.717) is 5.92 Å². The van der Waals surface area contributed by atoms with Crippen molar-refractivity contribution in [2.45, 2.75) is 87.5 Å². The number of benzene rings is 2. The molecule has 0 aliphatic heterocycles. The van der Waals surface area contributed by atoms with Gasteiger partial charge in [0.2, 0.25) is 0 Å². The van der Waals surface area contributed by atoms with Gasteiger partial charge in [-0.1, -0.05) is 58.9 Å². The van der Waals surface area contributed by atoms with Gasteiger partial charge in [-0.3, -0.25) is 0 Å². The summed E-state index contributed by atoms with van der Waals surface area (Å²) in [4.78, 5) is 0. The summed E-state index contributed by atoms with van der Waals surface area (Å²) >= 11 is 0. The summed E-state index contributed by atoms with van der Waals surface area (Å²) in [7, 11) is 0. The second-order valence-electron chi connectivity index (χ2n) is 8.92. The van der Waals surface area contributed by atoms with Gasteiger partial charge < -0.3 is 0 Å². The minimum Gasteiger partial charge on any atom is -0.0587 e. The van der Waals surface area contributed by atoms with Crippen molar-refractivity contribution in [2.75, 3.05) is 0 Å². The maximum atomic E-state index is 2.31. The van der Waals surface area contributed by atoms with Crippen molar-refractivity contribution in [3.8, 4) is 0 Å². The summed E-state index contributed by atoms with van der Waals surface area (Å²) in [5.74, 6) is 0.642. The first-order chi connectivity index (χ1) is 11.3. The SMILES string of the molecule is Cc1cc(C(C)(C)C)cc(C)c1C.Cc1cc(C(C)C)cc(C)c1C. The second kappa shape index (κ2) is 8.21. The quantitative estimate of drug-likeness (QED) is 0.501. The van der Waals surface area contributed by atoms with E-state index in [1.807, 2.05) is 0 Å². The molecule has 0 saturated heterocycles. The van der Waals surface area contributed by atoms with Crippen molar-refractivity contribution in [1.29, 1.82) is 0 Å². The predicted octanol–water partition coefficient (Wildman–Crippen LogP) is 7.64. The third-order valence-electron chi connectivity index (χ3n) is 5.41. The number of aryl methyl sites for hydroxylation is 4. The van der Waals surface area contributed by atoms with Gasteiger partial charge in [-0.25, -0.2) is 0 Å². The van der Waals surface area contributed by atoms with Gasteiger partial charge in [0, 0.05) is 0 Å². The summed E-state index contributed by atoms with van der Waals surface area (Å²) in [6.07, 6.45) is 0. The molecular weight excluding hydrogens is 300 g/mol. The Labute approximate surface area is 156 Å². The zero-order valence-corrected chi connectivity index (χ0v) is 18.4. The van der Waals surface area contributed by atoms with Crippen LogP contribution in [0.25, 0.3) is 0 Å². The van der Waals surface area contributed by atoms with Gasteiger partial charge in [0.25, 0.3) is 0 Å². The lowest BCUT2D eigenvalue weighted by atomic mass is 9.84. The van der Waals surface area contributed by atoms with Crippen molar-refractivity contribution in [3.63, 3.8) is 0 Å². The molecule has 0 amide bonds. The van der Waals surface area contributed by atoms with E-state index >= 15 is 0 Å². The van der Waals surface area contributed by atoms with Gasteiger partial charge in [-0.2, -0.15) is 0 Å². The van der Waals surface area contributed by atoms with Gasteiger partial charge in [0.05, 0.1) is 0 Å². The van der Waals surface area contributed by atoms with Crippen LogP contribution in [0.1, 0.15) is 85.0 Å². The summed E-state index contributed by atoms with van der Waals surface area (Å²) in [6, 6.07) is 9.21. The van der Waals surface area contributed by atoms with Gasteiger partial charge in [-0.05, 0) is 97.4 Å². The Morgan fingerprint density at radius 1 is 0.600 bits per heavy atom. The Bertz CT molecular complexity index is 678. The lowest BCUT2D eigenvalue weighted by molar-refractivity contribution is 0.589. The van der Waals surface area contributed by atoms with Crippen LogP contribution in [0.3, 0.4) is 0 Å². The molecule has 0 bridgehead atoms. The lowest BCUT2D eigenvalue weighted by Gasteiger charge is -2.21. The number of rotatable bonds is 1. The van der Waals surface area contributed by atoms with Gasteiger partial charge in [0.15, 0.2) is 0 Å². The van der Waals surface area contributed by atoms with Crippen molar-refractivity contribution in [1.82, 2.24) is 0 Å². The Balaban J connectivity index is 0.000000251. The maximum absolute atomic E-state index is 2.31. The first-order valence-corrected chi connectivity index (χ1v) is 9.50. The standard InChI is InChI=1S/C13H20.C12H18/c1-9-7-12(13(4,5)6)8-10(2)11(9)3;1-8(2)12-6-9(3)11(5)10(4)7-12/h7-8H,1-6H3;6-8H,1-5H3. The Kier molecular flexibility index (Phi) is 7.06. The molecule has 0 unspecified atom stereocenters. The fourth-order valence-electron chi connectivity index (χ4n) is 2.87. The molecule has 0 heterocycles. The van der Waals surface area contributed by atoms with Crippen molar-refractivity contribution in [2.24, 2.45) is 0 Å². The molecule has 0 N–H and O–H groups in total. The number of hydrogen-bond acceptors (Lipinski definition) is 0. The average Bonchev–Trinajstić information content (AvgIpc) is 2.48. The fourth-order valence-corrected chi connectivity index (χ4v) is 2.87. The van der Waals surface area contributed by atoms with E-state index in [-0.39, 0.29) is 5.41 Å². The predicted molar refractivity (Wildman–Crippen MR) is 114 cm³/mol. The molecule has 0 spiro atoms. The molecule has 0 radical (unpaired) electrons. The van der Waals surface area contributed by atoms with Gasteiger partial charge in [0.1, 0.15) is 0 Å². The van der Waals surface area contributed by atoms with Crippen LogP contribution in [0.4, 0.5) is 0 Å². The van der Waals surface area contributed by atoms with E-state index in [4.69, 9.17) is 0 Å². The first kappa shape index (κ1) is 21.5. The molecule has 0 fully saturated rings. The Hall–Kier alpha value is -1.56. The van der Waals surface area contributed by atoms with E-state index in [0.717, 1.165) is 0 Å². The van der Waals surface area contributed by atoms with E-state index in [2.05, 4.69) is 100 Å². The zero-order chi connectivity index (χ0) is 19.5. The normalized spacial score (nSPS) is 11.4. The largest absolute Gasteiger partial charge is 0.0587 e. The molecule has 0 saturated carbocycles. The van der Waals surface area contributed by atoms with Crippen LogP contribution >= 0.6 is 0 Å². The molecule has 2 rings (SSSR count). The van der Waals surface area contributed by atoms with Crippen LogP contribution in [-0.4, -0.2) is 0 Å². The highest BCUT2D eigenvalue weighted by atomic mass is 14.2. The van der Waals surface area contributed by atoms with Crippen molar-refractivity contribution >= 4 is 0 Å². The molecule has 138 valence electrons. The Morgan fingerprint density at radius 2 is 0.920 bits per heavy atom. The molecule has 0 aliphatic rings. The van der Waals surface area contributed by atoms with Crippen LogP contribution in [0.15, 0.2) is 24.3 Å². The second-order valence-corrected chi connectivity index (χ2v) is 8.92. The molecule has 0 atom stereocenters. The molecule has 25 heavy (non-hydrogen) atoms.